The summed E-state index contributed by atoms with van der Waals surface area (Å²) in [6.07, 6.45) is 0.639. The number of amides is 1. The van der Waals surface area contributed by atoms with E-state index in [9.17, 15) is 9.59 Å². The van der Waals surface area contributed by atoms with Crippen molar-refractivity contribution in [3.63, 3.8) is 0 Å². The van der Waals surface area contributed by atoms with E-state index in [0.717, 1.165) is 5.56 Å². The number of hydrogen-bond acceptors (Lipinski definition) is 4. The van der Waals surface area contributed by atoms with E-state index in [-0.39, 0.29) is 0 Å². The molecular weight excluding hydrogens is 244 g/mol. The summed E-state index contributed by atoms with van der Waals surface area (Å²) >= 11 is 0. The molecular formula is C14H20N2O3. The van der Waals surface area contributed by atoms with Gasteiger partial charge in [-0.2, -0.15) is 0 Å². The Morgan fingerprint density at radius 1 is 1.37 bits per heavy atom. The fraction of sp³-hybridized carbons (Fsp3) is 0.429. The van der Waals surface area contributed by atoms with Crippen molar-refractivity contribution in [2.45, 2.75) is 39.0 Å². The van der Waals surface area contributed by atoms with Gasteiger partial charge in [-0.05, 0) is 31.9 Å². The molecule has 1 aromatic rings. The standard InChI is InChI=1S/C14H20N2O3/c1-14(2,3)19-13(18)12(15)11-6-4-10(5-7-11)8-16-9-17/h4-7,9,12H,8,15H2,1-3H3,(H,16,17). The lowest BCUT2D eigenvalue weighted by atomic mass is 10.1. The van der Waals surface area contributed by atoms with Gasteiger partial charge in [-0.3, -0.25) is 4.79 Å². The van der Waals surface area contributed by atoms with E-state index in [1.807, 2.05) is 12.1 Å². The van der Waals surface area contributed by atoms with Crippen LogP contribution in [0.5, 0.6) is 0 Å². The molecule has 5 nitrogen and oxygen atoms in total. The second-order valence-electron chi connectivity index (χ2n) is 5.25. The van der Waals surface area contributed by atoms with Crippen LogP contribution in [0.2, 0.25) is 0 Å². The Balaban J connectivity index is 2.69. The molecule has 3 N–H and O–H groups in total. The van der Waals surface area contributed by atoms with Gasteiger partial charge < -0.3 is 15.8 Å². The fourth-order valence-corrected chi connectivity index (χ4v) is 1.50. The summed E-state index contributed by atoms with van der Waals surface area (Å²) in [4.78, 5) is 22.0. The lowest BCUT2D eigenvalue weighted by Crippen LogP contribution is -2.31. The molecule has 0 aliphatic carbocycles. The molecule has 1 aromatic carbocycles. The number of benzene rings is 1. The maximum Gasteiger partial charge on any atom is 0.328 e. The molecule has 19 heavy (non-hydrogen) atoms. The predicted octanol–water partition coefficient (Wildman–Crippen LogP) is 1.27. The van der Waals surface area contributed by atoms with Gasteiger partial charge in [0.1, 0.15) is 11.6 Å². The third kappa shape index (κ3) is 5.09. The minimum atomic E-state index is -0.799. The van der Waals surface area contributed by atoms with Crippen LogP contribution in [0.15, 0.2) is 24.3 Å². The number of carbonyl (C=O) groups is 2. The van der Waals surface area contributed by atoms with Crippen molar-refractivity contribution < 1.29 is 14.3 Å². The molecule has 0 spiro atoms. The Morgan fingerprint density at radius 3 is 2.42 bits per heavy atom. The molecule has 1 unspecified atom stereocenters. The van der Waals surface area contributed by atoms with Crippen LogP contribution in [-0.4, -0.2) is 18.0 Å². The Labute approximate surface area is 113 Å². The quantitative estimate of drug-likeness (QED) is 0.620. The number of esters is 1. The second-order valence-corrected chi connectivity index (χ2v) is 5.25. The average molecular weight is 264 g/mol. The molecule has 0 heterocycles. The van der Waals surface area contributed by atoms with Crippen molar-refractivity contribution in [1.29, 1.82) is 0 Å². The zero-order valence-electron chi connectivity index (χ0n) is 11.5. The van der Waals surface area contributed by atoms with Gasteiger partial charge in [0.2, 0.25) is 6.41 Å². The van der Waals surface area contributed by atoms with E-state index in [2.05, 4.69) is 5.32 Å². The second kappa shape index (κ2) is 6.33. The predicted molar refractivity (Wildman–Crippen MR) is 72.1 cm³/mol. The maximum atomic E-state index is 11.8. The molecule has 1 atom stereocenters. The Kier molecular flexibility index (Phi) is 5.06. The molecule has 0 radical (unpaired) electrons. The SMILES string of the molecule is CC(C)(C)OC(=O)C(N)c1ccc(CNC=O)cc1. The fourth-order valence-electron chi connectivity index (χ4n) is 1.50. The van der Waals surface area contributed by atoms with E-state index >= 15 is 0 Å². The number of hydrogen-bond donors (Lipinski definition) is 2. The van der Waals surface area contributed by atoms with E-state index in [1.54, 1.807) is 32.9 Å². The summed E-state index contributed by atoms with van der Waals surface area (Å²) < 4.78 is 5.23. The molecule has 104 valence electrons. The van der Waals surface area contributed by atoms with Crippen molar-refractivity contribution in [3.8, 4) is 0 Å². The first kappa shape index (κ1) is 15.2. The van der Waals surface area contributed by atoms with Crippen LogP contribution in [0.3, 0.4) is 0 Å². The van der Waals surface area contributed by atoms with Gasteiger partial charge in [-0.25, -0.2) is 4.79 Å². The molecule has 0 saturated heterocycles. The summed E-state index contributed by atoms with van der Waals surface area (Å²) in [5.41, 5.74) is 6.92. The Morgan fingerprint density at radius 2 is 1.95 bits per heavy atom. The van der Waals surface area contributed by atoms with Crippen LogP contribution in [0, 0.1) is 0 Å². The first-order valence-corrected chi connectivity index (χ1v) is 6.08. The molecule has 0 aromatic heterocycles. The molecule has 1 amide bonds. The van der Waals surface area contributed by atoms with E-state index in [0.29, 0.717) is 18.5 Å². The van der Waals surface area contributed by atoms with Gasteiger partial charge >= 0.3 is 5.97 Å². The molecule has 1 rings (SSSR count). The zero-order chi connectivity index (χ0) is 14.5. The Bertz CT molecular complexity index is 435. The van der Waals surface area contributed by atoms with Crippen LogP contribution >= 0.6 is 0 Å². The van der Waals surface area contributed by atoms with E-state index < -0.39 is 17.6 Å². The van der Waals surface area contributed by atoms with Crippen LogP contribution in [-0.2, 0) is 20.9 Å². The number of ether oxygens (including phenoxy) is 1. The number of rotatable bonds is 5. The first-order chi connectivity index (χ1) is 8.83. The summed E-state index contributed by atoms with van der Waals surface area (Å²) in [6.45, 7) is 5.84. The van der Waals surface area contributed by atoms with Crippen molar-refractivity contribution >= 4 is 12.4 Å². The normalized spacial score (nSPS) is 12.6. The summed E-state index contributed by atoms with van der Waals surface area (Å²) in [5, 5.41) is 2.56. The highest BCUT2D eigenvalue weighted by atomic mass is 16.6. The van der Waals surface area contributed by atoms with Crippen molar-refractivity contribution in [2.75, 3.05) is 0 Å². The average Bonchev–Trinajstić information content (AvgIpc) is 2.34. The van der Waals surface area contributed by atoms with Gasteiger partial charge in [0.25, 0.3) is 0 Å². The first-order valence-electron chi connectivity index (χ1n) is 6.08. The van der Waals surface area contributed by atoms with Gasteiger partial charge in [0.05, 0.1) is 0 Å². The van der Waals surface area contributed by atoms with Gasteiger partial charge in [0.15, 0.2) is 0 Å². The van der Waals surface area contributed by atoms with Gasteiger partial charge in [-0.15, -0.1) is 0 Å². The lowest BCUT2D eigenvalue weighted by molar-refractivity contribution is -0.156. The van der Waals surface area contributed by atoms with E-state index in [4.69, 9.17) is 10.5 Å². The number of nitrogens with two attached hydrogens (primary N) is 1. The Hall–Kier alpha value is -1.88. The molecule has 0 aliphatic heterocycles. The van der Waals surface area contributed by atoms with Crippen molar-refractivity contribution in [1.82, 2.24) is 5.32 Å². The van der Waals surface area contributed by atoms with Gasteiger partial charge in [-0.1, -0.05) is 24.3 Å². The van der Waals surface area contributed by atoms with Crippen LogP contribution < -0.4 is 11.1 Å². The highest BCUT2D eigenvalue weighted by molar-refractivity contribution is 5.77. The van der Waals surface area contributed by atoms with Crippen LogP contribution in [0.25, 0.3) is 0 Å². The minimum Gasteiger partial charge on any atom is -0.459 e. The molecule has 0 bridgehead atoms. The molecule has 0 aliphatic rings. The third-order valence-corrected chi connectivity index (χ3v) is 2.39. The summed E-state index contributed by atoms with van der Waals surface area (Å²) in [7, 11) is 0. The van der Waals surface area contributed by atoms with Gasteiger partial charge in [0, 0.05) is 6.54 Å². The topological polar surface area (TPSA) is 81.4 Å². The highest BCUT2D eigenvalue weighted by Gasteiger charge is 2.23. The van der Waals surface area contributed by atoms with Crippen molar-refractivity contribution in [2.24, 2.45) is 5.73 Å². The maximum absolute atomic E-state index is 11.8. The largest absolute Gasteiger partial charge is 0.459 e. The minimum absolute atomic E-state index is 0.450. The smallest absolute Gasteiger partial charge is 0.328 e. The monoisotopic (exact) mass is 264 g/mol. The number of nitrogens with one attached hydrogen (secondary N) is 1. The zero-order valence-corrected chi connectivity index (χ0v) is 11.5. The van der Waals surface area contributed by atoms with Crippen LogP contribution in [0.4, 0.5) is 0 Å². The molecule has 5 heteroatoms. The molecule has 0 fully saturated rings. The highest BCUT2D eigenvalue weighted by Crippen LogP contribution is 2.17. The van der Waals surface area contributed by atoms with E-state index in [1.165, 1.54) is 0 Å². The number of carbonyl (C=O) groups excluding carboxylic acids is 2. The summed E-state index contributed by atoms with van der Waals surface area (Å²) in [6, 6.07) is 6.35. The lowest BCUT2D eigenvalue weighted by Gasteiger charge is -2.22. The van der Waals surface area contributed by atoms with Crippen molar-refractivity contribution in [3.05, 3.63) is 35.4 Å². The molecule has 0 saturated carbocycles. The summed E-state index contributed by atoms with van der Waals surface area (Å²) in [5.74, 6) is -0.453. The third-order valence-electron chi connectivity index (χ3n) is 2.39. The van der Waals surface area contributed by atoms with Crippen LogP contribution in [0.1, 0.15) is 37.9 Å².